The molecule has 1 heterocycles. The van der Waals surface area contributed by atoms with E-state index < -0.39 is 11.1 Å². The monoisotopic (exact) mass is 281 g/mol. The average Bonchev–Trinajstić information content (AvgIpc) is 2.70. The van der Waals surface area contributed by atoms with Crippen LogP contribution < -0.4 is 5.32 Å². The summed E-state index contributed by atoms with van der Waals surface area (Å²) in [5.41, 5.74) is -0.308. The summed E-state index contributed by atoms with van der Waals surface area (Å²) < 4.78 is 1.70. The number of amides is 1. The summed E-state index contributed by atoms with van der Waals surface area (Å²) in [6.45, 7) is 13.7. The molecular formula is C15H27N3O2. The van der Waals surface area contributed by atoms with Gasteiger partial charge in [-0.2, -0.15) is 5.10 Å². The molecule has 1 aromatic rings. The Hall–Kier alpha value is -1.36. The van der Waals surface area contributed by atoms with E-state index in [1.165, 1.54) is 0 Å². The lowest BCUT2D eigenvalue weighted by atomic mass is 9.86. The molecule has 0 spiro atoms. The van der Waals surface area contributed by atoms with Crippen LogP contribution in [0.3, 0.4) is 0 Å². The quantitative estimate of drug-likeness (QED) is 0.870. The highest BCUT2D eigenvalue weighted by Crippen LogP contribution is 2.22. The maximum atomic E-state index is 12.4. The third kappa shape index (κ3) is 3.39. The van der Waals surface area contributed by atoms with E-state index in [0.717, 1.165) is 5.69 Å². The molecule has 0 unspecified atom stereocenters. The maximum absolute atomic E-state index is 12.4. The standard InChI is InChI=1S/C15H27N3O2/c1-8-18-12(9-11(17-18)10(2)3)13(19)16-14(4,5)15(6,7)20/h9-10,20H,8H2,1-7H3,(H,16,19). The molecule has 0 saturated carbocycles. The normalized spacial score (nSPS) is 12.8. The van der Waals surface area contributed by atoms with Gasteiger partial charge in [-0.1, -0.05) is 13.8 Å². The zero-order valence-corrected chi connectivity index (χ0v) is 13.6. The number of hydrogen-bond donors (Lipinski definition) is 2. The molecule has 0 bridgehead atoms. The van der Waals surface area contributed by atoms with E-state index in [9.17, 15) is 9.90 Å². The Kier molecular flexibility index (Phi) is 4.64. The fourth-order valence-electron chi connectivity index (χ4n) is 1.64. The molecule has 0 aliphatic heterocycles. The first-order valence-corrected chi connectivity index (χ1v) is 7.12. The minimum atomic E-state index is -1.01. The third-order valence-electron chi connectivity index (χ3n) is 3.88. The molecule has 20 heavy (non-hydrogen) atoms. The summed E-state index contributed by atoms with van der Waals surface area (Å²) >= 11 is 0. The molecule has 0 aliphatic rings. The molecule has 1 amide bonds. The Morgan fingerprint density at radius 3 is 2.35 bits per heavy atom. The first kappa shape index (κ1) is 16.7. The molecule has 1 aromatic heterocycles. The first-order valence-electron chi connectivity index (χ1n) is 7.12. The van der Waals surface area contributed by atoms with Crippen LogP contribution in [0.25, 0.3) is 0 Å². The Bertz CT molecular complexity index is 482. The Morgan fingerprint density at radius 2 is 1.95 bits per heavy atom. The number of hydrogen-bond acceptors (Lipinski definition) is 3. The lowest BCUT2D eigenvalue weighted by Gasteiger charge is -2.37. The highest BCUT2D eigenvalue weighted by molar-refractivity contribution is 5.93. The van der Waals surface area contributed by atoms with Crippen molar-refractivity contribution in [3.63, 3.8) is 0 Å². The molecule has 0 fully saturated rings. The minimum absolute atomic E-state index is 0.210. The lowest BCUT2D eigenvalue weighted by Crippen LogP contribution is -2.57. The van der Waals surface area contributed by atoms with Gasteiger partial charge in [-0.05, 0) is 46.6 Å². The molecule has 0 aliphatic carbocycles. The van der Waals surface area contributed by atoms with E-state index in [1.54, 1.807) is 32.4 Å². The van der Waals surface area contributed by atoms with Crippen molar-refractivity contribution < 1.29 is 9.90 Å². The summed E-state index contributed by atoms with van der Waals surface area (Å²) in [6, 6.07) is 1.82. The number of aromatic nitrogens is 2. The number of aliphatic hydroxyl groups is 1. The van der Waals surface area contributed by atoms with Crippen molar-refractivity contribution in [2.75, 3.05) is 0 Å². The molecule has 5 heteroatoms. The van der Waals surface area contributed by atoms with Gasteiger partial charge in [-0.15, -0.1) is 0 Å². The van der Waals surface area contributed by atoms with Crippen LogP contribution in [0.2, 0.25) is 0 Å². The summed E-state index contributed by atoms with van der Waals surface area (Å²) in [5.74, 6) is 0.0648. The van der Waals surface area contributed by atoms with Crippen LogP contribution in [0.5, 0.6) is 0 Å². The van der Waals surface area contributed by atoms with Gasteiger partial charge in [0, 0.05) is 6.54 Å². The molecular weight excluding hydrogens is 254 g/mol. The molecule has 2 N–H and O–H groups in total. The Morgan fingerprint density at radius 1 is 1.40 bits per heavy atom. The average molecular weight is 281 g/mol. The fourth-order valence-corrected chi connectivity index (χ4v) is 1.64. The van der Waals surface area contributed by atoms with Gasteiger partial charge in [0.05, 0.1) is 16.8 Å². The largest absolute Gasteiger partial charge is 0.388 e. The lowest BCUT2D eigenvalue weighted by molar-refractivity contribution is -0.00312. The second-order valence-corrected chi connectivity index (χ2v) is 6.56. The highest BCUT2D eigenvalue weighted by atomic mass is 16.3. The second-order valence-electron chi connectivity index (χ2n) is 6.56. The summed E-state index contributed by atoms with van der Waals surface area (Å²) in [5, 5.41) is 17.4. The van der Waals surface area contributed by atoms with E-state index in [4.69, 9.17) is 0 Å². The molecule has 0 aromatic carbocycles. The van der Waals surface area contributed by atoms with Crippen LogP contribution in [-0.4, -0.2) is 31.9 Å². The SMILES string of the molecule is CCn1nc(C(C)C)cc1C(=O)NC(C)(C)C(C)(C)O. The Balaban J connectivity index is 3.04. The van der Waals surface area contributed by atoms with E-state index in [-0.39, 0.29) is 11.8 Å². The molecule has 5 nitrogen and oxygen atoms in total. The van der Waals surface area contributed by atoms with Crippen LogP contribution >= 0.6 is 0 Å². The summed E-state index contributed by atoms with van der Waals surface area (Å²) in [4.78, 5) is 12.4. The van der Waals surface area contributed by atoms with Crippen LogP contribution in [0.4, 0.5) is 0 Å². The molecule has 0 radical (unpaired) electrons. The zero-order valence-electron chi connectivity index (χ0n) is 13.6. The van der Waals surface area contributed by atoms with Crippen molar-refractivity contribution >= 4 is 5.91 Å². The number of nitrogens with one attached hydrogen (secondary N) is 1. The molecule has 0 saturated heterocycles. The number of rotatable bonds is 5. The zero-order chi connectivity index (χ0) is 15.7. The minimum Gasteiger partial charge on any atom is -0.388 e. The van der Waals surface area contributed by atoms with Gasteiger partial charge >= 0.3 is 0 Å². The van der Waals surface area contributed by atoms with Crippen molar-refractivity contribution in [2.45, 2.75) is 72.1 Å². The van der Waals surface area contributed by atoms with Gasteiger partial charge in [-0.3, -0.25) is 9.48 Å². The number of aryl methyl sites for hydroxylation is 1. The van der Waals surface area contributed by atoms with Gasteiger partial charge in [0.25, 0.3) is 5.91 Å². The molecule has 1 rings (SSSR count). The summed E-state index contributed by atoms with van der Waals surface area (Å²) in [7, 11) is 0. The van der Waals surface area contributed by atoms with Crippen molar-refractivity contribution in [2.24, 2.45) is 0 Å². The van der Waals surface area contributed by atoms with Gasteiger partial charge in [0.1, 0.15) is 5.69 Å². The third-order valence-corrected chi connectivity index (χ3v) is 3.88. The van der Waals surface area contributed by atoms with E-state index >= 15 is 0 Å². The smallest absolute Gasteiger partial charge is 0.270 e. The van der Waals surface area contributed by atoms with Crippen LogP contribution in [0.15, 0.2) is 6.07 Å². The predicted molar refractivity (Wildman–Crippen MR) is 79.8 cm³/mol. The predicted octanol–water partition coefficient (Wildman–Crippen LogP) is 2.31. The Labute approximate surface area is 121 Å². The van der Waals surface area contributed by atoms with Crippen molar-refractivity contribution in [1.82, 2.24) is 15.1 Å². The van der Waals surface area contributed by atoms with E-state index in [1.807, 2.05) is 26.8 Å². The van der Waals surface area contributed by atoms with Crippen molar-refractivity contribution in [1.29, 1.82) is 0 Å². The molecule has 0 atom stereocenters. The topological polar surface area (TPSA) is 67.2 Å². The first-order chi connectivity index (χ1) is 8.99. The van der Waals surface area contributed by atoms with Gasteiger partial charge in [0.2, 0.25) is 0 Å². The van der Waals surface area contributed by atoms with Crippen molar-refractivity contribution in [3.8, 4) is 0 Å². The highest BCUT2D eigenvalue weighted by Gasteiger charge is 2.37. The number of carbonyl (C=O) groups is 1. The maximum Gasteiger partial charge on any atom is 0.270 e. The van der Waals surface area contributed by atoms with E-state index in [2.05, 4.69) is 10.4 Å². The van der Waals surface area contributed by atoms with Crippen LogP contribution in [-0.2, 0) is 6.54 Å². The number of carbonyl (C=O) groups excluding carboxylic acids is 1. The fraction of sp³-hybridized carbons (Fsp3) is 0.733. The summed E-state index contributed by atoms with van der Waals surface area (Å²) in [6.07, 6.45) is 0. The number of nitrogens with zero attached hydrogens (tertiary/aromatic N) is 2. The van der Waals surface area contributed by atoms with Crippen LogP contribution in [0, 0.1) is 0 Å². The van der Waals surface area contributed by atoms with E-state index in [0.29, 0.717) is 12.2 Å². The van der Waals surface area contributed by atoms with Crippen molar-refractivity contribution in [3.05, 3.63) is 17.5 Å². The second kappa shape index (κ2) is 5.56. The molecule has 114 valence electrons. The van der Waals surface area contributed by atoms with Gasteiger partial charge < -0.3 is 10.4 Å². The van der Waals surface area contributed by atoms with Gasteiger partial charge in [-0.25, -0.2) is 0 Å². The van der Waals surface area contributed by atoms with Gasteiger partial charge in [0.15, 0.2) is 0 Å². The van der Waals surface area contributed by atoms with Crippen LogP contribution in [0.1, 0.15) is 70.6 Å².